The first kappa shape index (κ1) is 73.5. The van der Waals surface area contributed by atoms with Gasteiger partial charge in [0.1, 0.15) is 0 Å². The molecule has 0 aliphatic carbocycles. The van der Waals surface area contributed by atoms with Crippen molar-refractivity contribution in [1.82, 2.24) is 0 Å². The van der Waals surface area contributed by atoms with E-state index >= 15 is 0 Å². The third-order valence-electron chi connectivity index (χ3n) is 10.2. The molecule has 0 aliphatic rings. The van der Waals surface area contributed by atoms with E-state index in [2.05, 4.69) is 148 Å². The molecule has 0 amide bonds. The van der Waals surface area contributed by atoms with Gasteiger partial charge in [-0.05, 0) is 94.4 Å². The molecule has 9 heteroatoms. The zero-order valence-corrected chi connectivity index (χ0v) is 49.3. The molecular weight excluding hydrogens is 1150 g/mol. The molecule has 0 bridgehead atoms. The number of hydrogen-bond donors (Lipinski definition) is 0. The molecule has 0 aliphatic heterocycles. The second-order valence-electron chi connectivity index (χ2n) is 13.6. The van der Waals surface area contributed by atoms with Crippen LogP contribution in [0.5, 0.6) is 0 Å². The van der Waals surface area contributed by atoms with Crippen LogP contribution in [0.2, 0.25) is 16.6 Å². The first-order valence-electron chi connectivity index (χ1n) is 20.3. The van der Waals surface area contributed by atoms with Crippen molar-refractivity contribution >= 4 is 64.6 Å². The van der Waals surface area contributed by atoms with E-state index in [-0.39, 0.29) is 82.8 Å². The fraction of sp³-hybridized carbons (Fsp3) is 0.733. The Kier molecular flexibility index (Phi) is 67.2. The van der Waals surface area contributed by atoms with Gasteiger partial charge in [0.15, 0.2) is 0 Å². The van der Waals surface area contributed by atoms with Gasteiger partial charge in [-0.15, -0.1) is 40.7 Å². The maximum Gasteiger partial charge on any atom is 0 e. The predicted molar refractivity (Wildman–Crippen MR) is 268 cm³/mol. The molecule has 0 nitrogen and oxygen atoms in total. The van der Waals surface area contributed by atoms with Crippen LogP contribution >= 0.6 is 56.5 Å². The van der Waals surface area contributed by atoms with Crippen LogP contribution in [0.15, 0.2) is 18.2 Å². The molecule has 1 aromatic rings. The zero-order valence-electron chi connectivity index (χ0n) is 38.3. The fourth-order valence-electron chi connectivity index (χ4n) is 6.30. The van der Waals surface area contributed by atoms with Crippen molar-refractivity contribution in [2.45, 2.75) is 141 Å². The average Bonchev–Trinajstić information content (AvgIpc) is 3.12. The van der Waals surface area contributed by atoms with E-state index < -0.39 is 8.07 Å². The minimum Gasteiger partial charge on any atom is 0 e. The van der Waals surface area contributed by atoms with E-state index in [4.69, 9.17) is 12.8 Å². The standard InChI is InChI=1S/C21H24Si.4C6H15P.2ClH.2Pt/c1-9-19-13-20(10-2)15-21(14-19)11-12-22(16(3)4,17(5)6)18(7)8;4*1-4-7(5-2)6-3;;;;/h13-18H,3-8H3;4*4-6H2,1-3H3;2*1H;;/p+2. The Labute approximate surface area is 389 Å². The van der Waals surface area contributed by atoms with E-state index in [1.54, 1.807) is 6.07 Å². The number of benzene rings is 1. The summed E-state index contributed by atoms with van der Waals surface area (Å²) >= 11 is 0. The number of hydrogen-bond acceptors (Lipinski definition) is 0. The van der Waals surface area contributed by atoms with Gasteiger partial charge in [0.05, 0.1) is 37.0 Å². The summed E-state index contributed by atoms with van der Waals surface area (Å²) in [5, 5.41) is 0. The fourth-order valence-corrected chi connectivity index (χ4v) is 17.2. The van der Waals surface area contributed by atoms with Crippen LogP contribution in [0.4, 0.5) is 0 Å². The molecule has 54 heavy (non-hydrogen) atoms. The Morgan fingerprint density at radius 2 is 0.796 bits per heavy atom. The molecular formula is C45H88Cl2P4Pt2Si+2. The second-order valence-corrected chi connectivity index (χ2v) is 32.9. The summed E-state index contributed by atoms with van der Waals surface area (Å²) in [6.07, 6.45) is 31.8. The molecule has 0 aromatic heterocycles. The van der Waals surface area contributed by atoms with Crippen LogP contribution in [0.25, 0.3) is 0 Å². The summed E-state index contributed by atoms with van der Waals surface area (Å²) in [6.45, 7) is 41.3. The van der Waals surface area contributed by atoms with Crippen LogP contribution in [-0.2, 0) is 42.1 Å². The van der Waals surface area contributed by atoms with Crippen molar-refractivity contribution in [3.05, 3.63) is 47.7 Å². The quantitative estimate of drug-likeness (QED) is 0.0711. The van der Waals surface area contributed by atoms with E-state index in [0.717, 1.165) is 5.56 Å². The van der Waals surface area contributed by atoms with Gasteiger partial charge in [0.2, 0.25) is 0 Å². The Morgan fingerprint density at radius 1 is 0.537 bits per heavy atom. The molecule has 0 atom stereocenters. The smallest absolute Gasteiger partial charge is 0 e. The molecule has 0 saturated heterocycles. The second kappa shape index (κ2) is 49.4. The first-order valence-corrected chi connectivity index (χ1v) is 30.6. The molecule has 1 aromatic carbocycles. The maximum absolute atomic E-state index is 7.29. The minimum atomic E-state index is -1.76. The number of halogens is 2. The van der Waals surface area contributed by atoms with Crippen LogP contribution in [0.1, 0.15) is 141 Å². The van der Waals surface area contributed by atoms with Crippen molar-refractivity contribution in [3.8, 4) is 23.3 Å². The van der Waals surface area contributed by atoms with Crippen LogP contribution in [0.3, 0.4) is 0 Å². The van der Waals surface area contributed by atoms with Gasteiger partial charge in [0, 0.05) is 42.1 Å². The summed E-state index contributed by atoms with van der Waals surface area (Å²) in [6, 6.07) is 5.45. The largest absolute Gasteiger partial charge is 0 e. The van der Waals surface area contributed by atoms with E-state index in [1.165, 1.54) is 73.9 Å². The monoisotopic (exact) mass is 1240 g/mol. The minimum absolute atomic E-state index is 0. The summed E-state index contributed by atoms with van der Waals surface area (Å²) in [5.74, 6) is 8.10. The van der Waals surface area contributed by atoms with Crippen LogP contribution in [0, 0.1) is 36.2 Å². The molecule has 0 radical (unpaired) electrons. The molecule has 0 unspecified atom stereocenters. The van der Waals surface area contributed by atoms with Gasteiger partial charge >= 0.3 is 137 Å². The van der Waals surface area contributed by atoms with Crippen molar-refractivity contribution in [1.29, 1.82) is 0 Å². The van der Waals surface area contributed by atoms with E-state index in [1.807, 2.05) is 12.1 Å². The molecule has 0 spiro atoms. The summed E-state index contributed by atoms with van der Waals surface area (Å²) in [4.78, 5) is 0. The average molecular weight is 1240 g/mol. The SMILES string of the molecule is CCP(CC)CC.CCP(CC)CC.CC[PH+](CC)CC.CC[PH+](CC)CC.Cl.Cl.[C+]#Cc1cc(C#[C-])cc(C#C[Si](C(C)C)(C(C)C)C(C)C)c1.[Pt].[Pt]. The Hall–Kier alpha value is 2.01. The summed E-state index contributed by atoms with van der Waals surface area (Å²) < 4.78 is 0. The van der Waals surface area contributed by atoms with Gasteiger partial charge in [-0.3, -0.25) is 0 Å². The number of rotatable bonds is 15. The van der Waals surface area contributed by atoms with E-state index in [0.29, 0.717) is 43.6 Å². The van der Waals surface area contributed by atoms with Crippen molar-refractivity contribution in [2.24, 2.45) is 0 Å². The molecule has 1 rings (SSSR count). The van der Waals surface area contributed by atoms with Crippen molar-refractivity contribution in [2.75, 3.05) is 73.9 Å². The predicted octanol–water partition coefficient (Wildman–Crippen LogP) is 15.5. The Balaban J connectivity index is -0.0000000919. The van der Waals surface area contributed by atoms with Gasteiger partial charge < -0.3 is 0 Å². The maximum atomic E-state index is 7.29. The Morgan fingerprint density at radius 3 is 0.963 bits per heavy atom. The summed E-state index contributed by atoms with van der Waals surface area (Å²) in [7, 11) is -0.595. The van der Waals surface area contributed by atoms with Crippen molar-refractivity contribution < 1.29 is 42.1 Å². The molecule has 0 saturated carbocycles. The van der Waals surface area contributed by atoms with Gasteiger partial charge in [0.25, 0.3) is 0 Å². The first-order chi connectivity index (χ1) is 23.7. The van der Waals surface area contributed by atoms with Gasteiger partial charge in [-0.25, -0.2) is 0 Å². The Bertz CT molecular complexity index is 938. The summed E-state index contributed by atoms with van der Waals surface area (Å²) in [5.41, 5.74) is 7.57. The molecule has 0 N–H and O–H groups in total. The van der Waals surface area contributed by atoms with Gasteiger partial charge in [-0.1, -0.05) is 41.5 Å². The van der Waals surface area contributed by atoms with E-state index in [9.17, 15) is 0 Å². The van der Waals surface area contributed by atoms with Gasteiger partial charge in [-0.2, -0.15) is 0 Å². The van der Waals surface area contributed by atoms with Crippen molar-refractivity contribution in [3.63, 3.8) is 0 Å². The third kappa shape index (κ3) is 34.8. The molecule has 0 heterocycles. The topological polar surface area (TPSA) is 0 Å². The third-order valence-corrected chi connectivity index (χ3v) is 27.9. The molecule has 0 fully saturated rings. The zero-order chi connectivity index (χ0) is 39.7. The van der Waals surface area contributed by atoms with Crippen LogP contribution < -0.4 is 0 Å². The van der Waals surface area contributed by atoms with Crippen LogP contribution in [-0.4, -0.2) is 82.0 Å². The normalized spacial score (nSPS) is 9.89. The molecule has 324 valence electrons.